The van der Waals surface area contributed by atoms with E-state index in [4.69, 9.17) is 10.8 Å². The molecule has 2 rings (SSSR count). The quantitative estimate of drug-likeness (QED) is 0.583. The van der Waals surface area contributed by atoms with Gasteiger partial charge in [-0.2, -0.15) is 0 Å². The molecular formula is C14H19NO3S. The largest absolute Gasteiger partial charge is 0.481 e. The van der Waals surface area contributed by atoms with E-state index in [0.29, 0.717) is 37.1 Å². The zero-order chi connectivity index (χ0) is 13.9. The van der Waals surface area contributed by atoms with Crippen LogP contribution in [0.15, 0.2) is 29.2 Å². The fourth-order valence-electron chi connectivity index (χ4n) is 2.37. The number of aliphatic hydroxyl groups is 1. The minimum absolute atomic E-state index is 0.294. The topological polar surface area (TPSA) is 83.5 Å². The Morgan fingerprint density at radius 1 is 1.42 bits per heavy atom. The van der Waals surface area contributed by atoms with Gasteiger partial charge in [-0.3, -0.25) is 4.79 Å². The second-order valence-electron chi connectivity index (χ2n) is 5.20. The number of carboxylic acids is 1. The Labute approximate surface area is 117 Å². The van der Waals surface area contributed by atoms with Gasteiger partial charge < -0.3 is 15.9 Å². The van der Waals surface area contributed by atoms with Crippen molar-refractivity contribution < 1.29 is 15.0 Å². The molecule has 4 N–H and O–H groups in total. The van der Waals surface area contributed by atoms with Crippen LogP contribution in [0.4, 0.5) is 5.69 Å². The first kappa shape index (κ1) is 14.2. The summed E-state index contributed by atoms with van der Waals surface area (Å²) in [5, 5.41) is 19.4. The van der Waals surface area contributed by atoms with Crippen molar-refractivity contribution >= 4 is 23.4 Å². The van der Waals surface area contributed by atoms with E-state index in [0.717, 1.165) is 4.90 Å². The van der Waals surface area contributed by atoms with Gasteiger partial charge in [-0.05, 0) is 43.9 Å². The fourth-order valence-corrected chi connectivity index (χ4v) is 3.49. The van der Waals surface area contributed by atoms with Crippen molar-refractivity contribution in [2.45, 2.75) is 36.2 Å². The van der Waals surface area contributed by atoms with Gasteiger partial charge in [0, 0.05) is 16.3 Å². The van der Waals surface area contributed by atoms with E-state index >= 15 is 0 Å². The SMILES string of the molecule is Nc1cccc(SCC2(O)CCC(C(=O)O)CC2)c1. The maximum Gasteiger partial charge on any atom is 0.306 e. The number of rotatable bonds is 4. The van der Waals surface area contributed by atoms with Gasteiger partial charge >= 0.3 is 5.97 Å². The second-order valence-corrected chi connectivity index (χ2v) is 6.25. The maximum absolute atomic E-state index is 10.9. The van der Waals surface area contributed by atoms with Gasteiger partial charge in [0.1, 0.15) is 0 Å². The van der Waals surface area contributed by atoms with Gasteiger partial charge in [-0.15, -0.1) is 11.8 Å². The molecule has 0 spiro atoms. The van der Waals surface area contributed by atoms with Crippen LogP contribution in [0.1, 0.15) is 25.7 Å². The molecule has 0 saturated heterocycles. The Balaban J connectivity index is 1.88. The standard InChI is InChI=1S/C14H19NO3S/c15-11-2-1-3-12(8-11)19-9-14(18)6-4-10(5-7-14)13(16)17/h1-3,8,10,18H,4-7,9,15H2,(H,16,17). The number of hydrogen-bond donors (Lipinski definition) is 3. The molecule has 1 saturated carbocycles. The lowest BCUT2D eigenvalue weighted by atomic mass is 9.80. The lowest BCUT2D eigenvalue weighted by Gasteiger charge is -2.34. The van der Waals surface area contributed by atoms with Gasteiger partial charge in [0.05, 0.1) is 11.5 Å². The lowest BCUT2D eigenvalue weighted by Crippen LogP contribution is -2.38. The summed E-state index contributed by atoms with van der Waals surface area (Å²) in [4.78, 5) is 11.9. The molecule has 0 atom stereocenters. The molecule has 19 heavy (non-hydrogen) atoms. The van der Waals surface area contributed by atoms with Crippen LogP contribution in [0.3, 0.4) is 0 Å². The van der Waals surface area contributed by atoms with E-state index in [1.165, 1.54) is 0 Å². The second kappa shape index (κ2) is 5.84. The van der Waals surface area contributed by atoms with Crippen molar-refractivity contribution in [3.8, 4) is 0 Å². The number of nitrogens with two attached hydrogens (primary N) is 1. The van der Waals surface area contributed by atoms with E-state index in [1.807, 2.05) is 24.3 Å². The average Bonchev–Trinajstić information content (AvgIpc) is 2.37. The summed E-state index contributed by atoms with van der Waals surface area (Å²) < 4.78 is 0. The predicted molar refractivity (Wildman–Crippen MR) is 76.1 cm³/mol. The van der Waals surface area contributed by atoms with Crippen LogP contribution in [0, 0.1) is 5.92 Å². The number of hydrogen-bond acceptors (Lipinski definition) is 4. The first-order chi connectivity index (χ1) is 8.98. The Bertz CT molecular complexity index is 456. The van der Waals surface area contributed by atoms with Crippen molar-refractivity contribution in [2.24, 2.45) is 5.92 Å². The minimum Gasteiger partial charge on any atom is -0.481 e. The summed E-state index contributed by atoms with van der Waals surface area (Å²) in [6.07, 6.45) is 2.23. The van der Waals surface area contributed by atoms with Gasteiger partial charge in [0.15, 0.2) is 0 Å². The number of nitrogen functional groups attached to an aromatic ring is 1. The number of anilines is 1. The summed E-state index contributed by atoms with van der Waals surface area (Å²) in [5.74, 6) is -0.453. The van der Waals surface area contributed by atoms with Crippen LogP contribution < -0.4 is 5.73 Å². The molecule has 0 amide bonds. The molecule has 1 aliphatic rings. The first-order valence-electron chi connectivity index (χ1n) is 6.42. The number of aliphatic carboxylic acids is 1. The normalized spacial score (nSPS) is 27.1. The highest BCUT2D eigenvalue weighted by Gasteiger charge is 2.35. The van der Waals surface area contributed by atoms with E-state index in [9.17, 15) is 9.90 Å². The van der Waals surface area contributed by atoms with Crippen LogP contribution in [-0.4, -0.2) is 27.5 Å². The monoisotopic (exact) mass is 281 g/mol. The third kappa shape index (κ3) is 3.88. The first-order valence-corrected chi connectivity index (χ1v) is 7.41. The molecular weight excluding hydrogens is 262 g/mol. The highest BCUT2D eigenvalue weighted by atomic mass is 32.2. The number of carbonyl (C=O) groups is 1. The molecule has 1 aromatic rings. The zero-order valence-electron chi connectivity index (χ0n) is 10.7. The zero-order valence-corrected chi connectivity index (χ0v) is 11.5. The van der Waals surface area contributed by atoms with E-state index in [-0.39, 0.29) is 5.92 Å². The van der Waals surface area contributed by atoms with Crippen LogP contribution in [-0.2, 0) is 4.79 Å². The van der Waals surface area contributed by atoms with Gasteiger partial charge in [-0.1, -0.05) is 6.07 Å². The molecule has 0 aliphatic heterocycles. The van der Waals surface area contributed by atoms with E-state index in [1.54, 1.807) is 11.8 Å². The molecule has 0 bridgehead atoms. The predicted octanol–water partition coefficient (Wildman–Crippen LogP) is 2.37. The Morgan fingerprint density at radius 3 is 2.68 bits per heavy atom. The molecule has 0 heterocycles. The summed E-state index contributed by atoms with van der Waals surface area (Å²) >= 11 is 1.57. The minimum atomic E-state index is -0.749. The summed E-state index contributed by atoms with van der Waals surface area (Å²) in [6, 6.07) is 7.57. The molecule has 1 fully saturated rings. The third-order valence-electron chi connectivity index (χ3n) is 3.63. The Kier molecular flexibility index (Phi) is 4.37. The van der Waals surface area contributed by atoms with Crippen molar-refractivity contribution in [3.05, 3.63) is 24.3 Å². The summed E-state index contributed by atoms with van der Waals surface area (Å²) in [6.45, 7) is 0. The van der Waals surface area contributed by atoms with Gasteiger partial charge in [-0.25, -0.2) is 0 Å². The maximum atomic E-state index is 10.9. The Hall–Kier alpha value is -1.20. The third-order valence-corrected chi connectivity index (χ3v) is 4.90. The summed E-state index contributed by atoms with van der Waals surface area (Å²) in [5.41, 5.74) is 5.68. The molecule has 0 radical (unpaired) electrons. The molecule has 4 nitrogen and oxygen atoms in total. The van der Waals surface area contributed by atoms with Crippen LogP contribution in [0.2, 0.25) is 0 Å². The molecule has 1 aromatic carbocycles. The molecule has 104 valence electrons. The fraction of sp³-hybridized carbons (Fsp3) is 0.500. The highest BCUT2D eigenvalue weighted by Crippen LogP contribution is 2.36. The van der Waals surface area contributed by atoms with Crippen LogP contribution in [0.25, 0.3) is 0 Å². The molecule has 1 aliphatic carbocycles. The number of benzene rings is 1. The van der Waals surface area contributed by atoms with Crippen LogP contribution in [0.5, 0.6) is 0 Å². The molecule has 5 heteroatoms. The number of thioether (sulfide) groups is 1. The van der Waals surface area contributed by atoms with E-state index in [2.05, 4.69) is 0 Å². The van der Waals surface area contributed by atoms with Gasteiger partial charge in [0.25, 0.3) is 0 Å². The van der Waals surface area contributed by atoms with Crippen LogP contribution >= 0.6 is 11.8 Å². The summed E-state index contributed by atoms with van der Waals surface area (Å²) in [7, 11) is 0. The Morgan fingerprint density at radius 2 is 2.11 bits per heavy atom. The van der Waals surface area contributed by atoms with Gasteiger partial charge in [0.2, 0.25) is 0 Å². The molecule has 0 aromatic heterocycles. The van der Waals surface area contributed by atoms with Crippen molar-refractivity contribution in [1.29, 1.82) is 0 Å². The molecule has 0 unspecified atom stereocenters. The smallest absolute Gasteiger partial charge is 0.306 e. The van der Waals surface area contributed by atoms with Crippen molar-refractivity contribution in [1.82, 2.24) is 0 Å². The average molecular weight is 281 g/mol. The van der Waals surface area contributed by atoms with E-state index < -0.39 is 11.6 Å². The van der Waals surface area contributed by atoms with Crippen molar-refractivity contribution in [2.75, 3.05) is 11.5 Å². The number of carboxylic acid groups (broad SMARTS) is 1. The van der Waals surface area contributed by atoms with Crippen molar-refractivity contribution in [3.63, 3.8) is 0 Å². The highest BCUT2D eigenvalue weighted by molar-refractivity contribution is 7.99. The lowest BCUT2D eigenvalue weighted by molar-refractivity contribution is -0.144.